The van der Waals surface area contributed by atoms with Crippen molar-refractivity contribution >= 4 is 34.5 Å². The van der Waals surface area contributed by atoms with E-state index in [1.807, 2.05) is 42.5 Å². The van der Waals surface area contributed by atoms with Crippen molar-refractivity contribution in [3.63, 3.8) is 0 Å². The summed E-state index contributed by atoms with van der Waals surface area (Å²) in [5.41, 5.74) is 4.91. The van der Waals surface area contributed by atoms with Crippen LogP contribution in [0.5, 0.6) is 11.5 Å². The minimum absolute atomic E-state index is 0.700. The van der Waals surface area contributed by atoms with Gasteiger partial charge >= 0.3 is 0 Å². The van der Waals surface area contributed by atoms with Crippen LogP contribution in [-0.2, 0) is 0 Å². The van der Waals surface area contributed by atoms with E-state index in [9.17, 15) is 0 Å². The van der Waals surface area contributed by atoms with E-state index in [0.717, 1.165) is 39.2 Å². The van der Waals surface area contributed by atoms with Crippen LogP contribution in [0.1, 0.15) is 25.3 Å². The van der Waals surface area contributed by atoms with Gasteiger partial charge in [-0.05, 0) is 58.8 Å². The van der Waals surface area contributed by atoms with Crippen LogP contribution in [-0.4, -0.2) is 19.9 Å². The van der Waals surface area contributed by atoms with Crippen LogP contribution in [0, 0.1) is 3.57 Å². The number of ether oxygens (including phenoxy) is 2. The number of rotatable bonds is 8. The quantitative estimate of drug-likeness (QED) is 0.283. The minimum atomic E-state index is 0.700. The fourth-order valence-electron chi connectivity index (χ4n) is 1.97. The fraction of sp³-hybridized carbons (Fsp3) is 0.278. The van der Waals surface area contributed by atoms with Gasteiger partial charge in [0.15, 0.2) is 11.5 Å². The number of halogens is 1. The number of hydrazone groups is 1. The largest absolute Gasteiger partial charge is 0.493 e. The van der Waals surface area contributed by atoms with Gasteiger partial charge in [-0.3, -0.25) is 5.43 Å². The van der Waals surface area contributed by atoms with Crippen molar-refractivity contribution in [3.8, 4) is 11.5 Å². The SMILES string of the molecule is CCCCOc1c(I)cc(C=NNc2ccccc2)cc1OC. The van der Waals surface area contributed by atoms with Gasteiger partial charge in [0.2, 0.25) is 0 Å². The molecule has 4 nitrogen and oxygen atoms in total. The van der Waals surface area contributed by atoms with Crippen molar-refractivity contribution in [1.29, 1.82) is 0 Å². The van der Waals surface area contributed by atoms with Crippen LogP contribution in [0.15, 0.2) is 47.6 Å². The Hall–Kier alpha value is -1.76. The van der Waals surface area contributed by atoms with Crippen molar-refractivity contribution in [2.45, 2.75) is 19.8 Å². The third kappa shape index (κ3) is 5.42. The Morgan fingerprint density at radius 1 is 1.22 bits per heavy atom. The van der Waals surface area contributed by atoms with Gasteiger partial charge in [-0.25, -0.2) is 0 Å². The van der Waals surface area contributed by atoms with E-state index in [1.54, 1.807) is 13.3 Å². The van der Waals surface area contributed by atoms with Crippen LogP contribution in [0.4, 0.5) is 5.69 Å². The van der Waals surface area contributed by atoms with Crippen molar-refractivity contribution in [2.75, 3.05) is 19.1 Å². The first-order valence-electron chi connectivity index (χ1n) is 7.59. The summed E-state index contributed by atoms with van der Waals surface area (Å²) in [4.78, 5) is 0. The summed E-state index contributed by atoms with van der Waals surface area (Å²) in [6.07, 6.45) is 3.91. The van der Waals surface area contributed by atoms with Crippen molar-refractivity contribution in [2.24, 2.45) is 5.10 Å². The Balaban J connectivity index is 2.09. The Bertz CT molecular complexity index is 645. The maximum Gasteiger partial charge on any atom is 0.174 e. The molecule has 0 aliphatic carbocycles. The second kappa shape index (κ2) is 9.39. The van der Waals surface area contributed by atoms with E-state index >= 15 is 0 Å². The zero-order valence-electron chi connectivity index (χ0n) is 13.4. The molecule has 0 fully saturated rings. The van der Waals surface area contributed by atoms with Gasteiger partial charge in [-0.15, -0.1) is 0 Å². The molecule has 0 unspecified atom stereocenters. The Kier molecular flexibility index (Phi) is 7.19. The van der Waals surface area contributed by atoms with Crippen molar-refractivity contribution in [3.05, 3.63) is 51.6 Å². The van der Waals surface area contributed by atoms with Crippen LogP contribution < -0.4 is 14.9 Å². The number of nitrogens with one attached hydrogen (secondary N) is 1. The number of unbranched alkanes of at least 4 members (excludes halogenated alkanes) is 1. The van der Waals surface area contributed by atoms with Gasteiger partial charge in [0.1, 0.15) is 0 Å². The van der Waals surface area contributed by atoms with Gasteiger partial charge < -0.3 is 9.47 Å². The summed E-state index contributed by atoms with van der Waals surface area (Å²) in [6.45, 7) is 2.84. The first kappa shape index (κ1) is 17.6. The summed E-state index contributed by atoms with van der Waals surface area (Å²) in [5.74, 6) is 1.53. The highest BCUT2D eigenvalue weighted by molar-refractivity contribution is 14.1. The third-order valence-corrected chi connectivity index (χ3v) is 3.98. The number of nitrogens with zero attached hydrogens (tertiary/aromatic N) is 1. The maximum absolute atomic E-state index is 5.84. The Morgan fingerprint density at radius 2 is 2.00 bits per heavy atom. The van der Waals surface area contributed by atoms with Gasteiger partial charge in [0, 0.05) is 0 Å². The maximum atomic E-state index is 5.84. The van der Waals surface area contributed by atoms with Gasteiger partial charge in [0.25, 0.3) is 0 Å². The van der Waals surface area contributed by atoms with Gasteiger partial charge in [-0.2, -0.15) is 5.10 Å². The van der Waals surface area contributed by atoms with Gasteiger partial charge in [-0.1, -0.05) is 31.5 Å². The normalized spacial score (nSPS) is 10.7. The van der Waals surface area contributed by atoms with E-state index in [1.165, 1.54) is 0 Å². The first-order chi connectivity index (χ1) is 11.2. The molecule has 0 saturated heterocycles. The molecule has 122 valence electrons. The van der Waals surface area contributed by atoms with Crippen LogP contribution in [0.25, 0.3) is 0 Å². The van der Waals surface area contributed by atoms with E-state index in [-0.39, 0.29) is 0 Å². The molecule has 1 N–H and O–H groups in total. The molecule has 0 aromatic heterocycles. The minimum Gasteiger partial charge on any atom is -0.493 e. The molecule has 2 aromatic rings. The lowest BCUT2D eigenvalue weighted by Crippen LogP contribution is -2.02. The molecule has 0 amide bonds. The standard InChI is InChI=1S/C18H21IN2O2/c1-3-4-10-23-18-16(19)11-14(12-17(18)22-2)13-20-21-15-8-6-5-7-9-15/h5-9,11-13,21H,3-4,10H2,1-2H3. The van der Waals surface area contributed by atoms with E-state index in [4.69, 9.17) is 9.47 Å². The molecule has 0 heterocycles. The van der Waals surface area contributed by atoms with Crippen molar-refractivity contribution in [1.82, 2.24) is 0 Å². The predicted octanol–water partition coefficient (Wildman–Crippen LogP) is 4.92. The molecule has 0 saturated carbocycles. The van der Waals surface area contributed by atoms with E-state index in [0.29, 0.717) is 6.61 Å². The number of hydrogen-bond acceptors (Lipinski definition) is 4. The number of anilines is 1. The number of benzene rings is 2. The summed E-state index contributed by atoms with van der Waals surface area (Å²) >= 11 is 2.26. The molecule has 0 aliphatic rings. The summed E-state index contributed by atoms with van der Waals surface area (Å²) < 4.78 is 12.3. The number of methoxy groups -OCH3 is 1. The van der Waals surface area contributed by atoms with Crippen LogP contribution >= 0.6 is 22.6 Å². The molecule has 0 radical (unpaired) electrons. The highest BCUT2D eigenvalue weighted by atomic mass is 127. The average Bonchev–Trinajstić information content (AvgIpc) is 2.57. The lowest BCUT2D eigenvalue weighted by Gasteiger charge is -2.13. The molecular formula is C18H21IN2O2. The molecule has 0 atom stereocenters. The molecule has 2 aromatic carbocycles. The topological polar surface area (TPSA) is 42.8 Å². The highest BCUT2D eigenvalue weighted by Gasteiger charge is 2.10. The van der Waals surface area contributed by atoms with E-state index < -0.39 is 0 Å². The fourth-order valence-corrected chi connectivity index (χ4v) is 2.75. The monoisotopic (exact) mass is 424 g/mol. The molecule has 5 heteroatoms. The molecule has 2 rings (SSSR count). The third-order valence-electron chi connectivity index (χ3n) is 3.18. The molecule has 23 heavy (non-hydrogen) atoms. The average molecular weight is 424 g/mol. The zero-order valence-corrected chi connectivity index (χ0v) is 15.5. The second-order valence-electron chi connectivity index (χ2n) is 4.97. The predicted molar refractivity (Wildman–Crippen MR) is 104 cm³/mol. The Labute approximate surface area is 151 Å². The summed E-state index contributed by atoms with van der Waals surface area (Å²) in [6, 6.07) is 13.8. The smallest absolute Gasteiger partial charge is 0.174 e. The van der Waals surface area contributed by atoms with Crippen LogP contribution in [0.3, 0.4) is 0 Å². The second-order valence-corrected chi connectivity index (χ2v) is 6.13. The van der Waals surface area contributed by atoms with E-state index in [2.05, 4.69) is 40.0 Å². The molecule has 0 aliphatic heterocycles. The zero-order chi connectivity index (χ0) is 16.5. The summed E-state index contributed by atoms with van der Waals surface area (Å²) in [7, 11) is 1.65. The molecule has 0 bridgehead atoms. The van der Waals surface area contributed by atoms with Gasteiger partial charge in [0.05, 0.1) is 29.2 Å². The lowest BCUT2D eigenvalue weighted by molar-refractivity contribution is 0.286. The molecule has 0 spiro atoms. The number of hydrogen-bond donors (Lipinski definition) is 1. The number of para-hydroxylation sites is 1. The lowest BCUT2D eigenvalue weighted by atomic mass is 10.2. The summed E-state index contributed by atoms with van der Waals surface area (Å²) in [5, 5.41) is 4.26. The first-order valence-corrected chi connectivity index (χ1v) is 8.67. The van der Waals surface area contributed by atoms with Crippen LogP contribution in [0.2, 0.25) is 0 Å². The van der Waals surface area contributed by atoms with Crippen molar-refractivity contribution < 1.29 is 9.47 Å². The molecular weight excluding hydrogens is 403 g/mol. The Morgan fingerprint density at radius 3 is 2.70 bits per heavy atom. The highest BCUT2D eigenvalue weighted by Crippen LogP contribution is 2.33.